The molecular weight excluding hydrogens is 400 g/mol. The van der Waals surface area contributed by atoms with Gasteiger partial charge in [0.2, 0.25) is 11.8 Å². The zero-order valence-electron chi connectivity index (χ0n) is 17.3. The van der Waals surface area contributed by atoms with Gasteiger partial charge in [0, 0.05) is 39.1 Å². The first kappa shape index (κ1) is 20.3. The molecule has 0 bridgehead atoms. The molecule has 1 aromatic carbocycles. The number of amides is 4. The molecule has 5 rings (SSSR count). The highest BCUT2D eigenvalue weighted by Gasteiger charge is 2.45. The van der Waals surface area contributed by atoms with Crippen molar-refractivity contribution in [2.75, 3.05) is 32.8 Å². The number of piperidine rings is 2. The van der Waals surface area contributed by atoms with Crippen LogP contribution in [0.4, 0.5) is 0 Å². The Balaban J connectivity index is 1.33. The highest BCUT2D eigenvalue weighted by atomic mass is 16.5. The van der Waals surface area contributed by atoms with Crippen molar-refractivity contribution in [1.29, 1.82) is 0 Å². The summed E-state index contributed by atoms with van der Waals surface area (Å²) in [7, 11) is 0. The van der Waals surface area contributed by atoms with Crippen molar-refractivity contribution in [3.8, 4) is 0 Å². The summed E-state index contributed by atoms with van der Waals surface area (Å²) in [5.41, 5.74) is 1.42. The molecule has 31 heavy (non-hydrogen) atoms. The molecule has 1 aromatic rings. The average Bonchev–Trinajstić information content (AvgIpc) is 3.02. The van der Waals surface area contributed by atoms with Gasteiger partial charge in [0.1, 0.15) is 6.04 Å². The van der Waals surface area contributed by atoms with Gasteiger partial charge < -0.3 is 10.1 Å². The minimum Gasteiger partial charge on any atom is -0.372 e. The molecule has 0 radical (unpaired) electrons. The van der Waals surface area contributed by atoms with E-state index in [0.29, 0.717) is 17.7 Å². The van der Waals surface area contributed by atoms with Crippen LogP contribution in [0.1, 0.15) is 52.0 Å². The van der Waals surface area contributed by atoms with Gasteiger partial charge in [-0.05, 0) is 30.9 Å². The van der Waals surface area contributed by atoms with Gasteiger partial charge in [-0.15, -0.1) is 0 Å². The van der Waals surface area contributed by atoms with Gasteiger partial charge >= 0.3 is 0 Å². The molecule has 4 aliphatic heterocycles. The van der Waals surface area contributed by atoms with Crippen molar-refractivity contribution in [2.24, 2.45) is 0 Å². The summed E-state index contributed by atoms with van der Waals surface area (Å²) in [6.45, 7) is 4.76. The first-order chi connectivity index (χ1) is 15.0. The molecule has 4 aliphatic rings. The number of rotatable bonds is 3. The lowest BCUT2D eigenvalue weighted by Crippen LogP contribution is -2.55. The molecule has 9 heteroatoms. The number of fused-ring (bicyclic) bond motifs is 1. The number of carbonyl (C=O) groups is 4. The number of likely N-dealkylation sites (tertiary alicyclic amines) is 1. The Hall–Kier alpha value is -2.62. The molecule has 9 nitrogen and oxygen atoms in total. The zero-order chi connectivity index (χ0) is 21.6. The van der Waals surface area contributed by atoms with Crippen molar-refractivity contribution in [2.45, 2.75) is 43.9 Å². The SMILES string of the molecule is O=C1CCC(N2C(=O)c3cccc(CN4CCC5(CC4)CNCCO5)c3C2=O)C(=O)N1. The number of benzene rings is 1. The average molecular weight is 426 g/mol. The molecule has 4 heterocycles. The summed E-state index contributed by atoms with van der Waals surface area (Å²) in [6.07, 6.45) is 2.12. The Kier molecular flexibility index (Phi) is 5.11. The van der Waals surface area contributed by atoms with Crippen LogP contribution in [0.25, 0.3) is 0 Å². The van der Waals surface area contributed by atoms with Crippen LogP contribution in [-0.4, -0.2) is 77.9 Å². The fraction of sp³-hybridized carbons (Fsp3) is 0.545. The molecule has 4 amide bonds. The van der Waals surface area contributed by atoms with Crippen LogP contribution in [0.3, 0.4) is 0 Å². The number of carbonyl (C=O) groups excluding carboxylic acids is 4. The second kappa shape index (κ2) is 7.81. The van der Waals surface area contributed by atoms with E-state index in [1.807, 2.05) is 6.07 Å². The molecule has 1 spiro atoms. The number of ether oxygens (including phenoxy) is 1. The van der Waals surface area contributed by atoms with Gasteiger partial charge in [0.05, 0.1) is 23.3 Å². The quantitative estimate of drug-likeness (QED) is 0.657. The number of hydrogen-bond donors (Lipinski definition) is 2. The first-order valence-corrected chi connectivity index (χ1v) is 10.9. The van der Waals surface area contributed by atoms with Gasteiger partial charge in [0.25, 0.3) is 11.8 Å². The summed E-state index contributed by atoms with van der Waals surface area (Å²) >= 11 is 0. The predicted octanol–water partition coefficient (Wildman–Crippen LogP) is 0.0422. The highest BCUT2D eigenvalue weighted by Crippen LogP contribution is 2.32. The van der Waals surface area contributed by atoms with E-state index >= 15 is 0 Å². The fourth-order valence-corrected chi connectivity index (χ4v) is 5.10. The van der Waals surface area contributed by atoms with Gasteiger partial charge in [-0.3, -0.25) is 34.3 Å². The standard InChI is InChI=1S/C22H26N4O5/c27-17-5-4-16(19(28)24-17)26-20(29)15-3-1-2-14(18(15)21(26)30)12-25-9-6-22(7-10-25)13-23-8-11-31-22/h1-3,16,23H,4-13H2,(H,24,27,28). The second-order valence-electron chi connectivity index (χ2n) is 8.77. The maximum absolute atomic E-state index is 13.2. The minimum atomic E-state index is -0.941. The molecule has 164 valence electrons. The molecule has 1 atom stereocenters. The van der Waals surface area contributed by atoms with Crippen LogP contribution in [0.2, 0.25) is 0 Å². The van der Waals surface area contributed by atoms with Gasteiger partial charge in [-0.1, -0.05) is 12.1 Å². The molecule has 0 saturated carbocycles. The van der Waals surface area contributed by atoms with Crippen molar-refractivity contribution >= 4 is 23.6 Å². The van der Waals surface area contributed by atoms with Crippen LogP contribution in [0.5, 0.6) is 0 Å². The second-order valence-corrected chi connectivity index (χ2v) is 8.77. The smallest absolute Gasteiger partial charge is 0.262 e. The summed E-state index contributed by atoms with van der Waals surface area (Å²) in [4.78, 5) is 53.3. The molecule has 0 aliphatic carbocycles. The zero-order valence-corrected chi connectivity index (χ0v) is 17.3. The largest absolute Gasteiger partial charge is 0.372 e. The van der Waals surface area contributed by atoms with Crippen LogP contribution >= 0.6 is 0 Å². The Morgan fingerprint density at radius 2 is 1.90 bits per heavy atom. The lowest BCUT2D eigenvalue weighted by Gasteiger charge is -2.44. The maximum Gasteiger partial charge on any atom is 0.262 e. The third-order valence-corrected chi connectivity index (χ3v) is 6.85. The molecular formula is C22H26N4O5. The molecule has 3 fully saturated rings. The van der Waals surface area contributed by atoms with E-state index < -0.39 is 23.8 Å². The van der Waals surface area contributed by atoms with Crippen molar-refractivity contribution < 1.29 is 23.9 Å². The van der Waals surface area contributed by atoms with Gasteiger partial charge in [-0.2, -0.15) is 0 Å². The van der Waals surface area contributed by atoms with E-state index in [4.69, 9.17) is 4.74 Å². The van der Waals surface area contributed by atoms with E-state index in [1.54, 1.807) is 12.1 Å². The van der Waals surface area contributed by atoms with Crippen LogP contribution in [-0.2, 0) is 20.9 Å². The van der Waals surface area contributed by atoms with Crippen LogP contribution < -0.4 is 10.6 Å². The van der Waals surface area contributed by atoms with Crippen molar-refractivity contribution in [3.63, 3.8) is 0 Å². The third-order valence-electron chi connectivity index (χ3n) is 6.85. The Morgan fingerprint density at radius 1 is 1.10 bits per heavy atom. The van der Waals surface area contributed by atoms with E-state index in [1.165, 1.54) is 0 Å². The fourth-order valence-electron chi connectivity index (χ4n) is 5.10. The Morgan fingerprint density at radius 3 is 2.61 bits per heavy atom. The number of imide groups is 2. The first-order valence-electron chi connectivity index (χ1n) is 10.9. The summed E-state index contributed by atoms with van der Waals surface area (Å²) < 4.78 is 6.05. The molecule has 0 aromatic heterocycles. The Bertz CT molecular complexity index is 945. The highest BCUT2D eigenvalue weighted by molar-refractivity contribution is 6.24. The van der Waals surface area contributed by atoms with Crippen LogP contribution in [0, 0.1) is 0 Å². The molecule has 1 unspecified atom stereocenters. The molecule has 2 N–H and O–H groups in total. The summed E-state index contributed by atoms with van der Waals surface area (Å²) in [6, 6.07) is 4.36. The minimum absolute atomic E-state index is 0.0955. The number of nitrogens with one attached hydrogen (secondary N) is 2. The predicted molar refractivity (Wildman–Crippen MR) is 109 cm³/mol. The monoisotopic (exact) mass is 426 g/mol. The Labute approximate surface area is 180 Å². The normalized spacial score (nSPS) is 26.3. The van der Waals surface area contributed by atoms with Crippen LogP contribution in [0.15, 0.2) is 18.2 Å². The van der Waals surface area contributed by atoms with E-state index in [0.717, 1.165) is 56.1 Å². The summed E-state index contributed by atoms with van der Waals surface area (Å²) in [5, 5.41) is 5.65. The summed E-state index contributed by atoms with van der Waals surface area (Å²) in [5.74, 6) is -1.87. The van der Waals surface area contributed by atoms with E-state index in [2.05, 4.69) is 15.5 Å². The molecule has 3 saturated heterocycles. The number of nitrogens with zero attached hydrogens (tertiary/aromatic N) is 2. The van der Waals surface area contributed by atoms with E-state index in [9.17, 15) is 19.2 Å². The van der Waals surface area contributed by atoms with Crippen molar-refractivity contribution in [3.05, 3.63) is 34.9 Å². The van der Waals surface area contributed by atoms with E-state index in [-0.39, 0.29) is 24.3 Å². The third kappa shape index (κ3) is 3.56. The maximum atomic E-state index is 13.2. The van der Waals surface area contributed by atoms with Gasteiger partial charge in [-0.25, -0.2) is 0 Å². The lowest BCUT2D eigenvalue weighted by atomic mass is 9.89. The number of morpholine rings is 1. The lowest BCUT2D eigenvalue weighted by molar-refractivity contribution is -0.136. The topological polar surface area (TPSA) is 108 Å². The van der Waals surface area contributed by atoms with Gasteiger partial charge in [0.15, 0.2) is 0 Å². The number of hydrogen-bond acceptors (Lipinski definition) is 7. The van der Waals surface area contributed by atoms with Crippen molar-refractivity contribution in [1.82, 2.24) is 20.4 Å².